The Morgan fingerprint density at radius 2 is 1.93 bits per heavy atom. The summed E-state index contributed by atoms with van der Waals surface area (Å²) in [5, 5.41) is 14.4. The monoisotopic (exact) mass is 424 g/mol. The number of nitrogens with zero attached hydrogens (tertiary/aromatic N) is 2. The smallest absolute Gasteiger partial charge is 0.406 e. The highest BCUT2D eigenvalue weighted by Gasteiger charge is 2.50. The summed E-state index contributed by atoms with van der Waals surface area (Å²) >= 11 is 0. The molecule has 30 heavy (non-hydrogen) atoms. The number of amides is 4. The van der Waals surface area contributed by atoms with E-state index in [1.54, 1.807) is 6.92 Å². The first kappa shape index (κ1) is 21.4. The first-order chi connectivity index (χ1) is 13.9. The van der Waals surface area contributed by atoms with Crippen LogP contribution in [0.2, 0.25) is 0 Å². The summed E-state index contributed by atoms with van der Waals surface area (Å²) < 4.78 is 40.7. The van der Waals surface area contributed by atoms with Crippen molar-refractivity contribution >= 4 is 17.8 Å². The lowest BCUT2D eigenvalue weighted by atomic mass is 9.92. The highest BCUT2D eigenvalue weighted by Crippen LogP contribution is 2.39. The minimum absolute atomic E-state index is 0.0252. The Morgan fingerprint density at radius 1 is 1.33 bits per heavy atom. The Bertz CT molecular complexity index is 923. The Balaban J connectivity index is 1.72. The average molecular weight is 424 g/mol. The van der Waals surface area contributed by atoms with E-state index >= 15 is 0 Å². The predicted octanol–water partition coefficient (Wildman–Crippen LogP) is 2.16. The molecule has 1 aliphatic carbocycles. The maximum Gasteiger partial charge on any atom is 0.573 e. The molecule has 2 aliphatic rings. The van der Waals surface area contributed by atoms with Gasteiger partial charge in [0.1, 0.15) is 23.4 Å². The molecule has 11 heteroatoms. The van der Waals surface area contributed by atoms with Crippen molar-refractivity contribution in [2.75, 3.05) is 6.54 Å². The van der Waals surface area contributed by atoms with Crippen molar-refractivity contribution in [2.24, 2.45) is 5.92 Å². The molecule has 160 valence electrons. The molecular weight excluding hydrogens is 405 g/mol. The minimum atomic E-state index is -4.86. The summed E-state index contributed by atoms with van der Waals surface area (Å²) in [6.45, 7) is 2.39. The molecule has 0 spiro atoms. The molecule has 1 aromatic carbocycles. The summed E-state index contributed by atoms with van der Waals surface area (Å²) in [5.74, 6) is -1.85. The molecule has 8 nitrogen and oxygen atoms in total. The number of hydrogen-bond acceptors (Lipinski definition) is 5. The van der Waals surface area contributed by atoms with Crippen LogP contribution in [-0.2, 0) is 15.1 Å². The standard InChI is InChI=1S/C19H19F3N4O4/c1-17(10-23,11-3-4-11)24-14(27)9-26-15(28)18(2,25-16(26)29)12-5-7-13(8-6-12)30-19(20,21)22/h5-8,11H,3-4,9H2,1-2H3,(H,24,27)(H,25,29)/t17-,18+/m0/s1. The molecule has 2 atom stereocenters. The van der Waals surface area contributed by atoms with Crippen molar-refractivity contribution < 1.29 is 32.3 Å². The van der Waals surface area contributed by atoms with Crippen LogP contribution in [0.4, 0.5) is 18.0 Å². The van der Waals surface area contributed by atoms with E-state index in [1.165, 1.54) is 19.1 Å². The lowest BCUT2D eigenvalue weighted by molar-refractivity contribution is -0.274. The summed E-state index contributed by atoms with van der Waals surface area (Å²) in [7, 11) is 0. The number of imide groups is 1. The number of carbonyl (C=O) groups is 3. The lowest BCUT2D eigenvalue weighted by Gasteiger charge is -2.25. The van der Waals surface area contributed by atoms with Gasteiger partial charge in [-0.3, -0.25) is 14.5 Å². The fourth-order valence-corrected chi connectivity index (χ4v) is 3.38. The van der Waals surface area contributed by atoms with Gasteiger partial charge in [0.15, 0.2) is 0 Å². The molecule has 0 radical (unpaired) electrons. The van der Waals surface area contributed by atoms with Crippen LogP contribution in [0.5, 0.6) is 5.75 Å². The van der Waals surface area contributed by atoms with Crippen molar-refractivity contribution in [1.29, 1.82) is 5.26 Å². The highest BCUT2D eigenvalue weighted by molar-refractivity contribution is 6.09. The Kier molecular flexibility index (Phi) is 5.14. The number of nitriles is 1. The van der Waals surface area contributed by atoms with Gasteiger partial charge < -0.3 is 15.4 Å². The molecule has 1 aromatic rings. The zero-order chi connectivity index (χ0) is 22.3. The quantitative estimate of drug-likeness (QED) is 0.680. The fourth-order valence-electron chi connectivity index (χ4n) is 3.38. The minimum Gasteiger partial charge on any atom is -0.406 e. The van der Waals surface area contributed by atoms with Gasteiger partial charge in [-0.1, -0.05) is 12.1 Å². The number of halogens is 3. The molecule has 4 amide bonds. The van der Waals surface area contributed by atoms with E-state index in [0.717, 1.165) is 25.0 Å². The van der Waals surface area contributed by atoms with E-state index in [2.05, 4.69) is 21.4 Å². The van der Waals surface area contributed by atoms with Crippen molar-refractivity contribution in [1.82, 2.24) is 15.5 Å². The van der Waals surface area contributed by atoms with Crippen LogP contribution >= 0.6 is 0 Å². The summed E-state index contributed by atoms with van der Waals surface area (Å²) in [4.78, 5) is 38.2. The third kappa shape index (κ3) is 4.17. The van der Waals surface area contributed by atoms with Crippen LogP contribution in [0.25, 0.3) is 0 Å². The maximum atomic E-state index is 12.9. The predicted molar refractivity (Wildman–Crippen MR) is 95.6 cm³/mol. The van der Waals surface area contributed by atoms with Crippen LogP contribution in [-0.4, -0.2) is 41.2 Å². The number of ether oxygens (including phenoxy) is 1. The molecule has 0 bridgehead atoms. The van der Waals surface area contributed by atoms with Crippen LogP contribution in [0.15, 0.2) is 24.3 Å². The van der Waals surface area contributed by atoms with Gasteiger partial charge in [-0.2, -0.15) is 5.26 Å². The van der Waals surface area contributed by atoms with E-state index in [1.807, 2.05) is 0 Å². The molecule has 2 fully saturated rings. The van der Waals surface area contributed by atoms with E-state index in [-0.39, 0.29) is 11.5 Å². The number of benzene rings is 1. The number of rotatable bonds is 6. The topological polar surface area (TPSA) is 112 Å². The van der Waals surface area contributed by atoms with Gasteiger partial charge in [0.2, 0.25) is 5.91 Å². The highest BCUT2D eigenvalue weighted by atomic mass is 19.4. The zero-order valence-corrected chi connectivity index (χ0v) is 16.2. The second-order valence-electron chi connectivity index (χ2n) is 7.66. The average Bonchev–Trinajstić information content (AvgIpc) is 3.47. The van der Waals surface area contributed by atoms with Gasteiger partial charge in [-0.25, -0.2) is 4.79 Å². The van der Waals surface area contributed by atoms with Gasteiger partial charge in [0.05, 0.1) is 6.07 Å². The number of nitrogens with one attached hydrogen (secondary N) is 2. The molecular formula is C19H19F3N4O4. The SMILES string of the molecule is C[C@]1(c2ccc(OC(F)(F)F)cc2)NC(=O)N(CC(=O)N[C@@](C)(C#N)C2CC2)C1=O. The first-order valence-electron chi connectivity index (χ1n) is 9.10. The van der Waals surface area contributed by atoms with Crippen LogP contribution in [0.1, 0.15) is 32.3 Å². The summed E-state index contributed by atoms with van der Waals surface area (Å²) in [6.07, 6.45) is -3.25. The van der Waals surface area contributed by atoms with E-state index in [0.29, 0.717) is 4.90 Å². The fraction of sp³-hybridized carbons (Fsp3) is 0.474. The molecule has 1 saturated heterocycles. The van der Waals surface area contributed by atoms with Crippen LogP contribution in [0, 0.1) is 17.2 Å². The largest absolute Gasteiger partial charge is 0.573 e. The van der Waals surface area contributed by atoms with Crippen molar-refractivity contribution in [3.05, 3.63) is 29.8 Å². The number of urea groups is 1. The van der Waals surface area contributed by atoms with Gasteiger partial charge in [0.25, 0.3) is 5.91 Å². The lowest BCUT2D eigenvalue weighted by Crippen LogP contribution is -2.51. The van der Waals surface area contributed by atoms with Gasteiger partial charge >= 0.3 is 12.4 Å². The normalized spacial score (nSPS) is 23.4. The Labute approximate surface area is 170 Å². The number of alkyl halides is 3. The van der Waals surface area contributed by atoms with E-state index < -0.39 is 47.6 Å². The summed E-state index contributed by atoms with van der Waals surface area (Å²) in [5.41, 5.74) is -2.42. The molecule has 1 aliphatic heterocycles. The second kappa shape index (κ2) is 7.19. The van der Waals surface area contributed by atoms with E-state index in [9.17, 15) is 32.8 Å². The zero-order valence-electron chi connectivity index (χ0n) is 16.2. The molecule has 1 saturated carbocycles. The molecule has 1 heterocycles. The third-order valence-electron chi connectivity index (χ3n) is 5.27. The Morgan fingerprint density at radius 3 is 2.43 bits per heavy atom. The van der Waals surface area contributed by atoms with Crippen LogP contribution < -0.4 is 15.4 Å². The van der Waals surface area contributed by atoms with Gasteiger partial charge in [-0.15, -0.1) is 13.2 Å². The number of carbonyl (C=O) groups excluding carboxylic acids is 3. The Hall–Kier alpha value is -3.29. The van der Waals surface area contributed by atoms with Crippen molar-refractivity contribution in [2.45, 2.75) is 44.1 Å². The first-order valence-corrected chi connectivity index (χ1v) is 9.10. The maximum absolute atomic E-state index is 12.9. The molecule has 0 unspecified atom stereocenters. The van der Waals surface area contributed by atoms with Crippen LogP contribution in [0.3, 0.4) is 0 Å². The molecule has 0 aromatic heterocycles. The third-order valence-corrected chi connectivity index (χ3v) is 5.27. The molecule has 2 N–H and O–H groups in total. The van der Waals surface area contributed by atoms with Gasteiger partial charge in [0, 0.05) is 0 Å². The van der Waals surface area contributed by atoms with Gasteiger partial charge in [-0.05, 0) is 50.3 Å². The summed E-state index contributed by atoms with van der Waals surface area (Å²) in [6, 6.07) is 5.73. The second-order valence-corrected chi connectivity index (χ2v) is 7.66. The molecule has 3 rings (SSSR count). The van der Waals surface area contributed by atoms with Crippen molar-refractivity contribution in [3.63, 3.8) is 0 Å². The van der Waals surface area contributed by atoms with E-state index in [4.69, 9.17) is 0 Å². The number of hydrogen-bond donors (Lipinski definition) is 2. The van der Waals surface area contributed by atoms with Crippen molar-refractivity contribution in [3.8, 4) is 11.8 Å².